The molecular formula is C122H84N4S2. The standard InChI is InChI=1S/2C61H42N2S/c1-61(2)55-19-8-5-14-49(55)50-34-33-47(38-56(50)61)62(45-30-25-41(26-31-45)48-17-11-18-53-52-16-7-10-21-59(52)64-60(48)53)44-28-22-40(23-29-44)43-27-35-58-54(37-43)51-15-6-9-20-57(51)63(58)46-32-24-39-12-3-4-13-42(39)36-46;1-61(2)55-16-8-5-13-49(55)50-32-31-48(38-56(50)61)62(46-28-21-41(22-29-46)44-25-34-60-54(37-44)52-15-7-10-18-59(52)64-60)45-26-19-40(20-27-45)43-24-33-58-53(36-43)51-14-6-9-17-57(51)63(58)47-30-23-39-11-3-4-12-42(39)35-47/h2*3-38H,1-2H3. The Bertz CT molecular complexity index is 8620. The highest BCUT2D eigenvalue weighted by molar-refractivity contribution is 7.26. The van der Waals surface area contributed by atoms with Crippen LogP contribution >= 0.6 is 22.7 Å². The minimum Gasteiger partial charge on any atom is -0.310 e. The number of hydrogen-bond acceptors (Lipinski definition) is 4. The molecule has 0 radical (unpaired) electrons. The van der Waals surface area contributed by atoms with E-state index in [0.29, 0.717) is 0 Å². The Morgan fingerprint density at radius 3 is 1.02 bits per heavy atom. The van der Waals surface area contributed by atoms with Gasteiger partial charge in [-0.2, -0.15) is 0 Å². The van der Waals surface area contributed by atoms with Crippen LogP contribution in [0.2, 0.25) is 0 Å². The number of thiophene rings is 2. The Hall–Kier alpha value is -15.4. The topological polar surface area (TPSA) is 16.3 Å². The van der Waals surface area contributed by atoms with E-state index in [9.17, 15) is 0 Å². The number of rotatable bonds is 12. The molecule has 24 aromatic rings. The highest BCUT2D eigenvalue weighted by atomic mass is 32.1. The van der Waals surface area contributed by atoms with E-state index in [-0.39, 0.29) is 10.8 Å². The van der Waals surface area contributed by atoms with Gasteiger partial charge >= 0.3 is 0 Å². The summed E-state index contributed by atoms with van der Waals surface area (Å²) >= 11 is 3.75. The molecule has 0 unspecified atom stereocenters. The first-order chi connectivity index (χ1) is 62.9. The van der Waals surface area contributed by atoms with Crippen LogP contribution < -0.4 is 9.80 Å². The molecule has 4 nitrogen and oxygen atoms in total. The zero-order valence-corrected chi connectivity index (χ0v) is 72.8. The van der Waals surface area contributed by atoms with Gasteiger partial charge in [-0.1, -0.05) is 307 Å². The smallest absolute Gasteiger partial charge is 0.0541 e. The number of fused-ring (bicyclic) bond motifs is 20. The first-order valence-electron chi connectivity index (χ1n) is 44.3. The third-order valence-electron chi connectivity index (χ3n) is 27.6. The molecule has 0 fully saturated rings. The highest BCUT2D eigenvalue weighted by Crippen LogP contribution is 2.54. The van der Waals surface area contributed by atoms with E-state index in [1.165, 1.54) is 206 Å². The molecule has 0 spiro atoms. The van der Waals surface area contributed by atoms with E-state index in [2.05, 4.69) is 483 Å². The quantitative estimate of drug-likeness (QED) is 0.121. The van der Waals surface area contributed by atoms with Crippen molar-refractivity contribution in [3.05, 3.63) is 459 Å². The summed E-state index contributed by atoms with van der Waals surface area (Å²) in [6.07, 6.45) is 0. The van der Waals surface area contributed by atoms with Crippen molar-refractivity contribution in [2.24, 2.45) is 0 Å². The van der Waals surface area contributed by atoms with Gasteiger partial charge in [0.25, 0.3) is 0 Å². The molecule has 20 aromatic carbocycles. The molecule has 4 aromatic heterocycles. The van der Waals surface area contributed by atoms with E-state index in [1.54, 1.807) is 0 Å². The van der Waals surface area contributed by atoms with Crippen molar-refractivity contribution in [1.82, 2.24) is 9.13 Å². The van der Waals surface area contributed by atoms with Gasteiger partial charge in [0.1, 0.15) is 0 Å². The zero-order valence-electron chi connectivity index (χ0n) is 71.2. The van der Waals surface area contributed by atoms with Crippen LogP contribution in [0.25, 0.3) is 184 Å². The molecule has 2 aliphatic rings. The van der Waals surface area contributed by atoms with E-state index >= 15 is 0 Å². The van der Waals surface area contributed by atoms with Gasteiger partial charge in [0.2, 0.25) is 0 Å². The van der Waals surface area contributed by atoms with Crippen molar-refractivity contribution in [2.75, 3.05) is 9.80 Å². The maximum Gasteiger partial charge on any atom is 0.0541 e. The van der Waals surface area contributed by atoms with Crippen LogP contribution in [0.5, 0.6) is 0 Å². The molecule has 0 atom stereocenters. The summed E-state index contributed by atoms with van der Waals surface area (Å²) in [5, 5.41) is 15.3. The number of anilines is 6. The van der Waals surface area contributed by atoms with Crippen molar-refractivity contribution >= 4 is 162 Å². The van der Waals surface area contributed by atoms with E-state index in [4.69, 9.17) is 0 Å². The molecule has 6 heteroatoms. The average molecular weight is 1670 g/mol. The van der Waals surface area contributed by atoms with Crippen molar-refractivity contribution in [2.45, 2.75) is 38.5 Å². The number of para-hydroxylation sites is 2. The Morgan fingerprint density at radius 1 is 0.195 bits per heavy atom. The third kappa shape index (κ3) is 12.2. The first kappa shape index (κ1) is 75.1. The van der Waals surface area contributed by atoms with Crippen LogP contribution in [-0.4, -0.2) is 9.13 Å². The van der Waals surface area contributed by atoms with Crippen LogP contribution in [0.1, 0.15) is 49.9 Å². The molecule has 0 saturated carbocycles. The second-order valence-corrected chi connectivity index (χ2v) is 37.6. The summed E-state index contributed by atoms with van der Waals surface area (Å²) in [7, 11) is 0. The molecule has 0 bridgehead atoms. The van der Waals surface area contributed by atoms with Gasteiger partial charge in [0.15, 0.2) is 0 Å². The molecular weight excluding hydrogens is 1590 g/mol. The summed E-state index contributed by atoms with van der Waals surface area (Å²) in [6, 6.07) is 162. The Kier molecular flexibility index (Phi) is 17.4. The molecule has 604 valence electrons. The first-order valence-corrected chi connectivity index (χ1v) is 45.9. The van der Waals surface area contributed by atoms with Crippen LogP contribution in [0.3, 0.4) is 0 Å². The summed E-state index contributed by atoms with van der Waals surface area (Å²) < 4.78 is 10.1. The number of hydrogen-bond donors (Lipinski definition) is 0. The third-order valence-corrected chi connectivity index (χ3v) is 29.9. The number of aromatic nitrogens is 2. The second kappa shape index (κ2) is 29.6. The van der Waals surface area contributed by atoms with E-state index < -0.39 is 0 Å². The summed E-state index contributed by atoms with van der Waals surface area (Å²) in [5.74, 6) is 0. The van der Waals surface area contributed by atoms with Gasteiger partial charge in [0, 0.05) is 118 Å². The Balaban J connectivity index is 0.000000139. The van der Waals surface area contributed by atoms with E-state index in [1.807, 2.05) is 22.7 Å². The number of benzene rings is 20. The molecule has 0 amide bonds. The van der Waals surface area contributed by atoms with Gasteiger partial charge in [-0.15, -0.1) is 22.7 Å². The molecule has 2 aliphatic carbocycles. The largest absolute Gasteiger partial charge is 0.310 e. The fraction of sp³-hybridized carbons (Fsp3) is 0.0492. The predicted molar refractivity (Wildman–Crippen MR) is 549 cm³/mol. The molecule has 4 heterocycles. The summed E-state index contributed by atoms with van der Waals surface area (Å²) in [6.45, 7) is 9.44. The van der Waals surface area contributed by atoms with Gasteiger partial charge < -0.3 is 18.9 Å². The maximum atomic E-state index is 2.42. The van der Waals surface area contributed by atoms with Gasteiger partial charge in [0.05, 0.1) is 22.1 Å². The highest BCUT2D eigenvalue weighted by Gasteiger charge is 2.38. The van der Waals surface area contributed by atoms with Crippen LogP contribution in [-0.2, 0) is 10.8 Å². The Labute approximate surface area is 751 Å². The van der Waals surface area contributed by atoms with Crippen molar-refractivity contribution in [1.29, 1.82) is 0 Å². The molecule has 128 heavy (non-hydrogen) atoms. The van der Waals surface area contributed by atoms with E-state index in [0.717, 1.165) is 34.1 Å². The van der Waals surface area contributed by atoms with Gasteiger partial charge in [-0.25, -0.2) is 0 Å². The van der Waals surface area contributed by atoms with Crippen LogP contribution in [0, 0.1) is 0 Å². The lowest BCUT2D eigenvalue weighted by molar-refractivity contribution is 0.660. The molecule has 0 N–H and O–H groups in total. The average Bonchev–Trinajstić information content (AvgIpc) is 1.59. The van der Waals surface area contributed by atoms with Crippen LogP contribution in [0.15, 0.2) is 437 Å². The normalized spacial score (nSPS) is 13.0. The summed E-state index contributed by atoms with van der Waals surface area (Å²) in [4.78, 5) is 4.84. The monoisotopic (exact) mass is 1670 g/mol. The van der Waals surface area contributed by atoms with Gasteiger partial charge in [-0.05, 0) is 268 Å². The van der Waals surface area contributed by atoms with Gasteiger partial charge in [-0.3, -0.25) is 0 Å². The SMILES string of the molecule is CC1(C)c2ccccc2-c2ccc(N(c3ccc(-c4ccc5c(c4)c4ccccc4n5-c4ccc5ccccc5c4)cc3)c3ccc(-c4cccc5c4sc4ccccc45)cc3)cc21.CC1(C)c2ccccc2-c2ccc(N(c3ccc(-c4ccc5sc6ccccc6c5c4)cc3)c3ccc(-c4ccc5c(c4)c4ccccc4n5-c4ccc5ccccc5c4)cc3)cc21. The lowest BCUT2D eigenvalue weighted by atomic mass is 9.82. The van der Waals surface area contributed by atoms with Crippen molar-refractivity contribution in [3.63, 3.8) is 0 Å². The lowest BCUT2D eigenvalue weighted by Gasteiger charge is -2.28. The van der Waals surface area contributed by atoms with Crippen molar-refractivity contribution in [3.8, 4) is 78.1 Å². The van der Waals surface area contributed by atoms with Crippen molar-refractivity contribution < 1.29 is 0 Å². The maximum absolute atomic E-state index is 2.42. The summed E-state index contributed by atoms with van der Waals surface area (Å²) in [5.41, 5.74) is 34.2. The fourth-order valence-corrected chi connectivity index (χ4v) is 23.5. The minimum absolute atomic E-state index is 0.109. The fourth-order valence-electron chi connectivity index (χ4n) is 21.1. The number of nitrogens with zero attached hydrogens (tertiary/aromatic N) is 4. The Morgan fingerprint density at radius 2 is 0.531 bits per heavy atom. The minimum atomic E-state index is -0.111. The van der Waals surface area contributed by atoms with Crippen LogP contribution in [0.4, 0.5) is 34.1 Å². The molecule has 26 rings (SSSR count). The predicted octanol–water partition coefficient (Wildman–Crippen LogP) is 34.8. The molecule has 0 aliphatic heterocycles. The second-order valence-electron chi connectivity index (χ2n) is 35.5. The zero-order chi connectivity index (χ0) is 85.0. The molecule has 0 saturated heterocycles. The lowest BCUT2D eigenvalue weighted by Crippen LogP contribution is -2.16.